The largest absolute Gasteiger partial charge is 0.377 e. The van der Waals surface area contributed by atoms with E-state index in [0.29, 0.717) is 32.7 Å². The maximum Gasteiger partial charge on any atom is 0.224 e. The molecule has 0 unspecified atom stereocenters. The number of rotatable bonds is 5. The molecule has 88 valence electrons. The van der Waals surface area contributed by atoms with E-state index in [0.717, 1.165) is 0 Å². The van der Waals surface area contributed by atoms with Crippen LogP contribution in [0.1, 0.15) is 13.3 Å². The van der Waals surface area contributed by atoms with Gasteiger partial charge in [0, 0.05) is 39.8 Å². The first-order chi connectivity index (χ1) is 7.22. The Hall–Kier alpha value is -0.650. The third kappa shape index (κ3) is 3.15. The lowest BCUT2D eigenvalue weighted by molar-refractivity contribution is -0.130. The highest BCUT2D eigenvalue weighted by Gasteiger charge is 2.35. The molecule has 1 rings (SSSR count). The van der Waals surface area contributed by atoms with E-state index in [9.17, 15) is 4.79 Å². The number of carbonyl (C=O) groups excluding carboxylic acids is 1. The minimum atomic E-state index is -0.00771. The summed E-state index contributed by atoms with van der Waals surface area (Å²) in [5.41, 5.74) is 5.35. The van der Waals surface area contributed by atoms with Crippen molar-refractivity contribution in [3.05, 3.63) is 0 Å². The highest BCUT2D eigenvalue weighted by molar-refractivity contribution is 5.76. The molecule has 0 aromatic rings. The molecule has 15 heavy (non-hydrogen) atoms. The molecule has 0 spiro atoms. The fourth-order valence-corrected chi connectivity index (χ4v) is 1.83. The summed E-state index contributed by atoms with van der Waals surface area (Å²) in [7, 11) is 1.65. The van der Waals surface area contributed by atoms with Gasteiger partial charge < -0.3 is 20.1 Å². The van der Waals surface area contributed by atoms with E-state index in [1.54, 1.807) is 12.0 Å². The van der Waals surface area contributed by atoms with E-state index in [2.05, 4.69) is 0 Å². The SMILES string of the molecule is CCO[C@@H]1CN(C(=O)CCN)C[C@H]1OC. The van der Waals surface area contributed by atoms with Crippen LogP contribution in [-0.2, 0) is 14.3 Å². The maximum atomic E-state index is 11.6. The van der Waals surface area contributed by atoms with Crippen LogP contribution in [0.5, 0.6) is 0 Å². The summed E-state index contributed by atoms with van der Waals surface area (Å²) >= 11 is 0. The van der Waals surface area contributed by atoms with Crippen LogP contribution in [0.2, 0.25) is 0 Å². The molecule has 2 N–H and O–H groups in total. The van der Waals surface area contributed by atoms with Crippen LogP contribution in [0.3, 0.4) is 0 Å². The Morgan fingerprint density at radius 2 is 2.13 bits per heavy atom. The highest BCUT2D eigenvalue weighted by atomic mass is 16.5. The molecule has 0 aromatic carbocycles. The normalized spacial score (nSPS) is 25.9. The average molecular weight is 216 g/mol. The van der Waals surface area contributed by atoms with Gasteiger partial charge in [-0.1, -0.05) is 0 Å². The van der Waals surface area contributed by atoms with E-state index in [-0.39, 0.29) is 18.1 Å². The number of carbonyl (C=O) groups is 1. The minimum Gasteiger partial charge on any atom is -0.377 e. The van der Waals surface area contributed by atoms with Crippen LogP contribution in [0.4, 0.5) is 0 Å². The third-order valence-electron chi connectivity index (χ3n) is 2.61. The van der Waals surface area contributed by atoms with E-state index in [4.69, 9.17) is 15.2 Å². The second-order valence-corrected chi connectivity index (χ2v) is 3.61. The van der Waals surface area contributed by atoms with Crippen molar-refractivity contribution in [1.82, 2.24) is 4.90 Å². The van der Waals surface area contributed by atoms with Gasteiger partial charge in [-0.05, 0) is 6.92 Å². The van der Waals surface area contributed by atoms with E-state index in [1.807, 2.05) is 6.92 Å². The lowest BCUT2D eigenvalue weighted by Crippen LogP contribution is -2.31. The topological polar surface area (TPSA) is 64.8 Å². The number of ether oxygens (including phenoxy) is 2. The first-order valence-electron chi connectivity index (χ1n) is 5.35. The fourth-order valence-electron chi connectivity index (χ4n) is 1.83. The number of amides is 1. The molecule has 5 nitrogen and oxygen atoms in total. The summed E-state index contributed by atoms with van der Waals surface area (Å²) < 4.78 is 10.8. The summed E-state index contributed by atoms with van der Waals surface area (Å²) in [5, 5.41) is 0. The van der Waals surface area contributed by atoms with Crippen LogP contribution in [-0.4, -0.2) is 56.4 Å². The van der Waals surface area contributed by atoms with Crippen molar-refractivity contribution >= 4 is 5.91 Å². The lowest BCUT2D eigenvalue weighted by atomic mass is 10.2. The summed E-state index contributed by atoms with van der Waals surface area (Å²) in [5.74, 6) is 0.0850. The number of likely N-dealkylation sites (tertiary alicyclic amines) is 1. The smallest absolute Gasteiger partial charge is 0.224 e. The zero-order valence-electron chi connectivity index (χ0n) is 9.44. The molecular formula is C10H20N2O3. The molecule has 1 heterocycles. The number of hydrogen-bond acceptors (Lipinski definition) is 4. The number of methoxy groups -OCH3 is 1. The van der Waals surface area contributed by atoms with Crippen molar-refractivity contribution in [2.75, 3.05) is 33.4 Å². The predicted octanol–water partition coefficient (Wildman–Crippen LogP) is -0.402. The fraction of sp³-hybridized carbons (Fsp3) is 0.900. The predicted molar refractivity (Wildman–Crippen MR) is 56.5 cm³/mol. The van der Waals surface area contributed by atoms with Gasteiger partial charge in [0.1, 0.15) is 12.2 Å². The van der Waals surface area contributed by atoms with Crippen LogP contribution in [0, 0.1) is 0 Å². The van der Waals surface area contributed by atoms with Gasteiger partial charge in [0.05, 0.1) is 0 Å². The average Bonchev–Trinajstić information content (AvgIpc) is 2.62. The Bertz CT molecular complexity index is 211. The maximum absolute atomic E-state index is 11.6. The zero-order chi connectivity index (χ0) is 11.3. The Morgan fingerprint density at radius 3 is 2.67 bits per heavy atom. The molecule has 2 atom stereocenters. The summed E-state index contributed by atoms with van der Waals surface area (Å²) in [6.45, 7) is 4.21. The number of nitrogens with two attached hydrogens (primary N) is 1. The number of nitrogens with zero attached hydrogens (tertiary/aromatic N) is 1. The van der Waals surface area contributed by atoms with Crippen molar-refractivity contribution in [2.45, 2.75) is 25.6 Å². The van der Waals surface area contributed by atoms with Gasteiger partial charge in [-0.25, -0.2) is 0 Å². The molecule has 1 amide bonds. The van der Waals surface area contributed by atoms with Crippen molar-refractivity contribution < 1.29 is 14.3 Å². The highest BCUT2D eigenvalue weighted by Crippen LogP contribution is 2.16. The molecule has 1 aliphatic rings. The minimum absolute atomic E-state index is 0.00160. The van der Waals surface area contributed by atoms with E-state index >= 15 is 0 Å². The molecule has 0 aromatic heterocycles. The lowest BCUT2D eigenvalue weighted by Gasteiger charge is -2.15. The Balaban J connectivity index is 2.48. The van der Waals surface area contributed by atoms with Crippen molar-refractivity contribution in [3.63, 3.8) is 0 Å². The molecule has 1 fully saturated rings. The molecular weight excluding hydrogens is 196 g/mol. The summed E-state index contributed by atoms with van der Waals surface area (Å²) in [6, 6.07) is 0. The quantitative estimate of drug-likeness (QED) is 0.679. The Kier molecular flexibility index (Phi) is 5.01. The van der Waals surface area contributed by atoms with E-state index < -0.39 is 0 Å². The van der Waals surface area contributed by atoms with Gasteiger partial charge in [-0.15, -0.1) is 0 Å². The molecule has 1 saturated heterocycles. The number of hydrogen-bond donors (Lipinski definition) is 1. The van der Waals surface area contributed by atoms with Crippen LogP contribution in [0.15, 0.2) is 0 Å². The van der Waals surface area contributed by atoms with Crippen LogP contribution < -0.4 is 5.73 Å². The molecule has 0 aliphatic carbocycles. The van der Waals surface area contributed by atoms with Gasteiger partial charge in [-0.2, -0.15) is 0 Å². The second-order valence-electron chi connectivity index (χ2n) is 3.61. The van der Waals surface area contributed by atoms with Gasteiger partial charge in [0.2, 0.25) is 5.91 Å². The van der Waals surface area contributed by atoms with Gasteiger partial charge in [0.15, 0.2) is 0 Å². The van der Waals surface area contributed by atoms with Crippen molar-refractivity contribution in [1.29, 1.82) is 0 Å². The first-order valence-corrected chi connectivity index (χ1v) is 5.35. The summed E-state index contributed by atoms with van der Waals surface area (Å²) in [6.07, 6.45) is 0.392. The van der Waals surface area contributed by atoms with Gasteiger partial charge in [0.25, 0.3) is 0 Å². The van der Waals surface area contributed by atoms with Gasteiger partial charge >= 0.3 is 0 Å². The standard InChI is InChI=1S/C10H20N2O3/c1-3-15-9-7-12(6-8(9)14-2)10(13)4-5-11/h8-9H,3-7,11H2,1-2H3/t8-,9-/m1/s1. The Labute approximate surface area is 90.5 Å². The molecule has 0 saturated carbocycles. The van der Waals surface area contributed by atoms with Gasteiger partial charge in [-0.3, -0.25) is 4.79 Å². The monoisotopic (exact) mass is 216 g/mol. The van der Waals surface area contributed by atoms with Crippen molar-refractivity contribution in [2.24, 2.45) is 5.73 Å². The molecule has 0 radical (unpaired) electrons. The zero-order valence-corrected chi connectivity index (χ0v) is 9.44. The first kappa shape index (κ1) is 12.4. The molecule has 0 bridgehead atoms. The molecule has 1 aliphatic heterocycles. The summed E-state index contributed by atoms with van der Waals surface area (Å²) in [4.78, 5) is 13.4. The van der Waals surface area contributed by atoms with Crippen molar-refractivity contribution in [3.8, 4) is 0 Å². The van der Waals surface area contributed by atoms with Crippen LogP contribution in [0.25, 0.3) is 0 Å². The molecule has 5 heteroatoms. The van der Waals surface area contributed by atoms with Crippen LogP contribution >= 0.6 is 0 Å². The second kappa shape index (κ2) is 6.05. The Morgan fingerprint density at radius 1 is 1.47 bits per heavy atom. The van der Waals surface area contributed by atoms with E-state index in [1.165, 1.54) is 0 Å². The third-order valence-corrected chi connectivity index (χ3v) is 2.61.